The molecule has 0 fully saturated rings. The first kappa shape index (κ1) is 4.90. The second-order valence-corrected chi connectivity index (χ2v) is 1.14. The predicted molar refractivity (Wildman–Crippen MR) is 23.6 cm³/mol. The zero-order valence-corrected chi connectivity index (χ0v) is 4.18. The van der Waals surface area contributed by atoms with Gasteiger partial charge in [0, 0.05) is 0 Å². The predicted octanol–water partition coefficient (Wildman–Crippen LogP) is -0.322. The molecule has 0 amide bonds. The Kier molecular flexibility index (Phi) is 2.11. The van der Waals surface area contributed by atoms with E-state index >= 15 is 0 Å². The van der Waals surface area contributed by atoms with Crippen molar-refractivity contribution in [1.82, 2.24) is 0 Å². The van der Waals surface area contributed by atoms with Crippen LogP contribution in [0.1, 0.15) is 0 Å². The highest BCUT2D eigenvalue weighted by Crippen LogP contribution is 1.74. The molecule has 0 aromatic heterocycles. The molecule has 2 nitrogen and oxygen atoms in total. The molecule has 0 aliphatic rings. The molecular formula is C2H6O2P+. The number of carboxylic acids is 1. The monoisotopic (exact) mass is 93.0 g/mol. The molecule has 0 saturated carbocycles. The largest absolute Gasteiger partial charge is 0.479 e. The van der Waals surface area contributed by atoms with Gasteiger partial charge in [-0.05, 0) is 9.24 Å². The molecule has 1 atom stereocenters. The lowest BCUT2D eigenvalue weighted by Gasteiger charge is -1.67. The van der Waals surface area contributed by atoms with E-state index in [0.29, 0.717) is 0 Å². The third kappa shape index (κ3) is 3.90. The van der Waals surface area contributed by atoms with Crippen LogP contribution in [0.5, 0.6) is 0 Å². The molecule has 5 heavy (non-hydrogen) atoms. The molecule has 30 valence electrons. The number of carboxylic acid groups (broad SMARTS) is 1. The lowest BCUT2D eigenvalue weighted by atomic mass is 10.8. The lowest BCUT2D eigenvalue weighted by molar-refractivity contribution is -0.133. The fraction of sp³-hybridized carbons (Fsp3) is 0.500. The van der Waals surface area contributed by atoms with E-state index in [-0.39, 0.29) is 6.16 Å². The van der Waals surface area contributed by atoms with Gasteiger partial charge in [-0.2, -0.15) is 0 Å². The van der Waals surface area contributed by atoms with Crippen molar-refractivity contribution >= 4 is 15.2 Å². The Morgan fingerprint density at radius 3 is 2.20 bits per heavy atom. The maximum Gasteiger partial charge on any atom is 0.340 e. The topological polar surface area (TPSA) is 37.3 Å². The van der Waals surface area contributed by atoms with E-state index in [2.05, 4.69) is 0 Å². The molecule has 0 heterocycles. The SMILES string of the molecule is O=C(O)C[PH3+]. The van der Waals surface area contributed by atoms with Gasteiger partial charge in [0.25, 0.3) is 0 Å². The smallest absolute Gasteiger partial charge is 0.340 e. The first-order chi connectivity index (χ1) is 2.27. The Balaban J connectivity index is 2.85. The Bertz CT molecular complexity index is 42.9. The fourth-order valence-corrected chi connectivity index (χ4v) is 0. The van der Waals surface area contributed by atoms with Crippen LogP contribution in [0.2, 0.25) is 0 Å². The van der Waals surface area contributed by atoms with Crippen LogP contribution in [0, 0.1) is 0 Å². The highest BCUT2D eigenvalue weighted by atomic mass is 31.0. The highest BCUT2D eigenvalue weighted by Gasteiger charge is 1.86. The quantitative estimate of drug-likeness (QED) is 0.451. The Morgan fingerprint density at radius 2 is 2.20 bits per heavy atom. The molecule has 0 rings (SSSR count). The van der Waals surface area contributed by atoms with Gasteiger partial charge in [0.15, 0.2) is 0 Å². The van der Waals surface area contributed by atoms with E-state index in [0.717, 1.165) is 0 Å². The summed E-state index contributed by atoms with van der Waals surface area (Å²) in [5, 5.41) is 7.73. The fourth-order valence-electron chi connectivity index (χ4n) is 0. The molecule has 1 unspecified atom stereocenters. The van der Waals surface area contributed by atoms with E-state index in [1.54, 1.807) is 0 Å². The van der Waals surface area contributed by atoms with Crippen molar-refractivity contribution in [2.75, 3.05) is 6.16 Å². The summed E-state index contributed by atoms with van der Waals surface area (Å²) in [6, 6.07) is 0. The van der Waals surface area contributed by atoms with Crippen LogP contribution in [-0.2, 0) is 4.79 Å². The zero-order valence-electron chi connectivity index (χ0n) is 2.77. The number of carbonyl (C=O) groups is 1. The minimum absolute atomic E-state index is 0.250. The number of hydrogen-bond donors (Lipinski definition) is 1. The first-order valence-corrected chi connectivity index (χ1v) is 2.28. The van der Waals surface area contributed by atoms with Gasteiger partial charge in [0.1, 0.15) is 6.16 Å². The molecule has 1 N–H and O–H groups in total. The third-order valence-electron chi connectivity index (χ3n) is 0.214. The van der Waals surface area contributed by atoms with E-state index in [4.69, 9.17) is 5.11 Å². The second-order valence-electron chi connectivity index (χ2n) is 0.644. The molecular weight excluding hydrogens is 87.0 g/mol. The van der Waals surface area contributed by atoms with Crippen LogP contribution >= 0.6 is 9.24 Å². The maximum absolute atomic E-state index is 9.38. The van der Waals surface area contributed by atoms with Crippen molar-refractivity contribution in [1.29, 1.82) is 0 Å². The summed E-state index contributed by atoms with van der Waals surface area (Å²) in [4.78, 5) is 9.38. The van der Waals surface area contributed by atoms with Crippen LogP contribution < -0.4 is 0 Å². The maximum atomic E-state index is 9.38. The zero-order chi connectivity index (χ0) is 4.28. The van der Waals surface area contributed by atoms with E-state index in [1.165, 1.54) is 9.24 Å². The van der Waals surface area contributed by atoms with Gasteiger partial charge in [-0.25, -0.2) is 4.79 Å². The molecule has 0 spiro atoms. The van der Waals surface area contributed by atoms with Gasteiger partial charge in [0.05, 0.1) is 0 Å². The first-order valence-electron chi connectivity index (χ1n) is 1.28. The van der Waals surface area contributed by atoms with Gasteiger partial charge in [0.2, 0.25) is 0 Å². The van der Waals surface area contributed by atoms with Crippen LogP contribution in [-0.4, -0.2) is 17.2 Å². The Labute approximate surface area is 32.4 Å². The van der Waals surface area contributed by atoms with Gasteiger partial charge in [-0.3, -0.25) is 0 Å². The second kappa shape index (κ2) is 2.16. The van der Waals surface area contributed by atoms with Crippen LogP contribution in [0.4, 0.5) is 0 Å². The summed E-state index contributed by atoms with van der Waals surface area (Å²) in [6.07, 6.45) is 0.250. The van der Waals surface area contributed by atoms with Crippen molar-refractivity contribution in [3.05, 3.63) is 0 Å². The number of aliphatic carboxylic acids is 1. The van der Waals surface area contributed by atoms with Crippen molar-refractivity contribution < 1.29 is 9.90 Å². The van der Waals surface area contributed by atoms with Crippen molar-refractivity contribution in [3.8, 4) is 0 Å². The standard InChI is InChI=1S/C2H5O2P/c3-2(4)1-5/h1,5H2,(H,3,4)/p+1. The van der Waals surface area contributed by atoms with Crippen molar-refractivity contribution in [2.45, 2.75) is 0 Å². The summed E-state index contributed by atoms with van der Waals surface area (Å²) in [5.74, 6) is -0.733. The van der Waals surface area contributed by atoms with Crippen LogP contribution in [0.15, 0.2) is 0 Å². The van der Waals surface area contributed by atoms with E-state index < -0.39 is 5.97 Å². The molecule has 0 aromatic carbocycles. The molecule has 0 aliphatic carbocycles. The summed E-state index contributed by atoms with van der Waals surface area (Å²) < 4.78 is 0. The third-order valence-corrected chi connectivity index (χ3v) is 0.642. The molecule has 0 radical (unpaired) electrons. The highest BCUT2D eigenvalue weighted by molar-refractivity contribution is 7.18. The van der Waals surface area contributed by atoms with Crippen molar-refractivity contribution in [2.24, 2.45) is 0 Å². The molecule has 0 saturated heterocycles. The van der Waals surface area contributed by atoms with Gasteiger partial charge in [-0.15, -0.1) is 0 Å². The summed E-state index contributed by atoms with van der Waals surface area (Å²) >= 11 is 0. The normalized spacial score (nSPS) is 8.00. The van der Waals surface area contributed by atoms with Crippen LogP contribution in [0.25, 0.3) is 0 Å². The molecule has 3 heteroatoms. The minimum atomic E-state index is -0.733. The Hall–Kier alpha value is -0.100. The summed E-state index contributed by atoms with van der Waals surface area (Å²) in [5.41, 5.74) is 0. The molecule has 0 aromatic rings. The lowest BCUT2D eigenvalue weighted by Crippen LogP contribution is -1.92. The van der Waals surface area contributed by atoms with Gasteiger partial charge in [-0.1, -0.05) is 0 Å². The average molecular weight is 93.0 g/mol. The minimum Gasteiger partial charge on any atom is -0.479 e. The molecule has 0 bridgehead atoms. The molecule has 0 aliphatic heterocycles. The van der Waals surface area contributed by atoms with Gasteiger partial charge < -0.3 is 5.11 Å². The average Bonchev–Trinajstić information content (AvgIpc) is 1.38. The van der Waals surface area contributed by atoms with E-state index in [9.17, 15) is 4.79 Å². The number of hydrogen-bond acceptors (Lipinski definition) is 1. The van der Waals surface area contributed by atoms with Gasteiger partial charge >= 0.3 is 5.97 Å². The summed E-state index contributed by atoms with van der Waals surface area (Å²) in [6.45, 7) is 0. The van der Waals surface area contributed by atoms with Crippen molar-refractivity contribution in [3.63, 3.8) is 0 Å². The Morgan fingerprint density at radius 1 is 2.00 bits per heavy atom. The van der Waals surface area contributed by atoms with E-state index in [1.807, 2.05) is 0 Å². The number of rotatable bonds is 1. The van der Waals surface area contributed by atoms with Crippen LogP contribution in [0.3, 0.4) is 0 Å². The summed E-state index contributed by atoms with van der Waals surface area (Å²) in [7, 11) is 1.43.